The van der Waals surface area contributed by atoms with Gasteiger partial charge in [-0.3, -0.25) is 0 Å². The van der Waals surface area contributed by atoms with Gasteiger partial charge in [-0.2, -0.15) is 0 Å². The van der Waals surface area contributed by atoms with Gasteiger partial charge in [0, 0.05) is 25.4 Å². The maximum atomic E-state index is 12.8. The molecule has 0 saturated carbocycles. The van der Waals surface area contributed by atoms with Crippen LogP contribution in [0.4, 0.5) is 0 Å². The second-order valence-corrected chi connectivity index (χ2v) is 11.7. The van der Waals surface area contributed by atoms with E-state index in [-0.39, 0.29) is 36.4 Å². The molecule has 2 heterocycles. The molecule has 6 nitrogen and oxygen atoms in total. The molecule has 0 spiro atoms. The van der Waals surface area contributed by atoms with Gasteiger partial charge in [0.2, 0.25) is 5.76 Å². The Balaban J connectivity index is 2.20. The Bertz CT molecular complexity index is 833. The first kappa shape index (κ1) is 31.3. The highest BCUT2D eigenvalue weighted by atomic mass is 16.6. The van der Waals surface area contributed by atoms with Gasteiger partial charge in [0.25, 0.3) is 0 Å². The summed E-state index contributed by atoms with van der Waals surface area (Å²) in [5, 5.41) is 31.7. The van der Waals surface area contributed by atoms with Crippen LogP contribution in [0.3, 0.4) is 0 Å². The van der Waals surface area contributed by atoms with Crippen molar-refractivity contribution < 1.29 is 29.6 Å². The molecule has 2 aliphatic heterocycles. The molecule has 6 heteroatoms. The number of esters is 1. The van der Waals surface area contributed by atoms with E-state index < -0.39 is 23.9 Å². The molecule has 0 radical (unpaired) electrons. The van der Waals surface area contributed by atoms with Crippen LogP contribution in [0.5, 0.6) is 0 Å². The molecule has 210 valence electrons. The van der Waals surface area contributed by atoms with Crippen molar-refractivity contribution in [1.82, 2.24) is 0 Å². The molecule has 0 bridgehead atoms. The smallest absolute Gasteiger partial charge is 0.373 e. The molecule has 3 N–H and O–H groups in total. The Morgan fingerprint density at radius 2 is 1.84 bits per heavy atom. The van der Waals surface area contributed by atoms with Crippen LogP contribution in [0.25, 0.3) is 0 Å². The van der Waals surface area contributed by atoms with Crippen molar-refractivity contribution in [1.29, 1.82) is 0 Å². The summed E-state index contributed by atoms with van der Waals surface area (Å²) in [5.74, 6) is -0.723. The second-order valence-electron chi connectivity index (χ2n) is 11.7. The van der Waals surface area contributed by atoms with Gasteiger partial charge in [-0.25, -0.2) is 4.79 Å². The molecule has 0 aromatic rings. The van der Waals surface area contributed by atoms with Crippen LogP contribution in [-0.4, -0.2) is 52.3 Å². The van der Waals surface area contributed by atoms with Crippen molar-refractivity contribution in [2.24, 2.45) is 23.7 Å². The van der Waals surface area contributed by atoms with Gasteiger partial charge in [-0.1, -0.05) is 63.1 Å². The van der Waals surface area contributed by atoms with E-state index in [1.807, 2.05) is 39.0 Å². The highest BCUT2D eigenvalue weighted by Gasteiger charge is 2.26. The van der Waals surface area contributed by atoms with Crippen LogP contribution in [0.15, 0.2) is 47.3 Å². The Labute approximate surface area is 224 Å². The average Bonchev–Trinajstić information content (AvgIpc) is 2.84. The zero-order valence-corrected chi connectivity index (χ0v) is 23.7. The molecule has 0 aromatic heterocycles. The van der Waals surface area contributed by atoms with E-state index >= 15 is 0 Å². The quantitative estimate of drug-likeness (QED) is 0.384. The van der Waals surface area contributed by atoms with Gasteiger partial charge in [0.1, 0.15) is 6.10 Å². The van der Waals surface area contributed by atoms with E-state index in [1.54, 1.807) is 13.0 Å². The van der Waals surface area contributed by atoms with E-state index in [0.717, 1.165) is 37.9 Å². The minimum atomic E-state index is -0.744. The number of carbonyl (C=O) groups is 1. The molecule has 3 unspecified atom stereocenters. The third kappa shape index (κ3) is 11.2. The van der Waals surface area contributed by atoms with Crippen molar-refractivity contribution in [2.45, 2.75) is 111 Å². The number of cyclic esters (lactones) is 1. The Morgan fingerprint density at radius 3 is 2.51 bits per heavy atom. The largest absolute Gasteiger partial charge is 0.502 e. The molecule has 0 aliphatic carbocycles. The van der Waals surface area contributed by atoms with Gasteiger partial charge in [-0.05, 0) is 69.8 Å². The van der Waals surface area contributed by atoms with Gasteiger partial charge in [0.15, 0.2) is 0 Å². The lowest BCUT2D eigenvalue weighted by molar-refractivity contribution is -0.150. The zero-order chi connectivity index (χ0) is 27.5. The van der Waals surface area contributed by atoms with E-state index in [1.165, 1.54) is 12.5 Å². The van der Waals surface area contributed by atoms with Crippen molar-refractivity contribution in [3.8, 4) is 0 Å². The van der Waals surface area contributed by atoms with Crippen molar-refractivity contribution in [3.05, 3.63) is 47.3 Å². The van der Waals surface area contributed by atoms with Crippen LogP contribution in [0.2, 0.25) is 0 Å². The number of rotatable bonds is 4. The number of ether oxygens (including phenoxy) is 2. The van der Waals surface area contributed by atoms with E-state index in [0.29, 0.717) is 17.9 Å². The summed E-state index contributed by atoms with van der Waals surface area (Å²) < 4.78 is 11.8. The Hall–Kier alpha value is -1.89. The van der Waals surface area contributed by atoms with Crippen molar-refractivity contribution in [3.63, 3.8) is 0 Å². The third-order valence-corrected chi connectivity index (χ3v) is 7.81. The first-order valence-corrected chi connectivity index (χ1v) is 14.1. The number of aliphatic hydroxyl groups excluding tert-OH is 3. The standard InChI is InChI=1S/C31H50O6/c1-20-9-7-8-10-30(23(4)12-14-26-13-11-21(2)19-36-26)37-31(35)29(34)17-22(3)16-25(6)28(33)18-27(32)24(5)15-20/h7-9,16-17,21,23-28,30,32-34H,10-15,18-19H2,1-6H3/b8-7+,20-9+,22-16?,29-17?/t21?,23-,24+,25+,26-,27+,28?,30?/m0/s1. The first-order valence-electron chi connectivity index (χ1n) is 14.1. The van der Waals surface area contributed by atoms with Crippen LogP contribution in [0, 0.1) is 23.7 Å². The summed E-state index contributed by atoms with van der Waals surface area (Å²) in [5.41, 5.74) is 1.78. The fourth-order valence-electron chi connectivity index (χ4n) is 5.09. The van der Waals surface area contributed by atoms with E-state index in [4.69, 9.17) is 9.47 Å². The molecule has 2 aliphatic rings. The van der Waals surface area contributed by atoms with E-state index in [9.17, 15) is 20.1 Å². The lowest BCUT2D eigenvalue weighted by atomic mass is 9.89. The maximum Gasteiger partial charge on any atom is 0.373 e. The second kappa shape index (κ2) is 15.5. The molecule has 1 fully saturated rings. The van der Waals surface area contributed by atoms with Crippen LogP contribution >= 0.6 is 0 Å². The molecule has 0 aromatic carbocycles. The number of hydrogen-bond donors (Lipinski definition) is 3. The molecular weight excluding hydrogens is 468 g/mol. The first-order chi connectivity index (χ1) is 17.5. The lowest BCUT2D eigenvalue weighted by Gasteiger charge is -2.29. The SMILES string of the molecule is CC1=C[C@@H](C)C(O)C[C@@H](O)[C@H](C)C/C(C)=C/C=C/CC([C@@H](C)CC[C@@H]2CCC(C)CO2)OC(=O)C(O)=C1. The summed E-state index contributed by atoms with van der Waals surface area (Å²) >= 11 is 0. The van der Waals surface area contributed by atoms with Crippen molar-refractivity contribution in [2.75, 3.05) is 6.61 Å². The molecule has 2 rings (SSSR count). The summed E-state index contributed by atoms with van der Waals surface area (Å²) in [4.78, 5) is 12.8. The average molecular weight is 519 g/mol. The highest BCUT2D eigenvalue weighted by molar-refractivity contribution is 5.86. The van der Waals surface area contributed by atoms with Gasteiger partial charge < -0.3 is 24.8 Å². The minimum absolute atomic E-state index is 0.0121. The van der Waals surface area contributed by atoms with Gasteiger partial charge >= 0.3 is 5.97 Å². The summed E-state index contributed by atoms with van der Waals surface area (Å²) in [6.07, 6.45) is 13.3. The topological polar surface area (TPSA) is 96.2 Å². The number of allylic oxidation sites excluding steroid dienone is 5. The van der Waals surface area contributed by atoms with Crippen molar-refractivity contribution >= 4 is 5.97 Å². The monoisotopic (exact) mass is 518 g/mol. The maximum absolute atomic E-state index is 12.8. The lowest BCUT2D eigenvalue weighted by Crippen LogP contribution is -2.29. The van der Waals surface area contributed by atoms with E-state index in [2.05, 4.69) is 13.8 Å². The Kier molecular flexibility index (Phi) is 13.1. The predicted octanol–water partition coefficient (Wildman–Crippen LogP) is 6.20. The minimum Gasteiger partial charge on any atom is -0.502 e. The number of carbonyl (C=O) groups excluding carboxylic acids is 1. The van der Waals surface area contributed by atoms with Gasteiger partial charge in [-0.15, -0.1) is 0 Å². The molecule has 0 amide bonds. The summed E-state index contributed by atoms with van der Waals surface area (Å²) in [6, 6.07) is 0. The summed E-state index contributed by atoms with van der Waals surface area (Å²) in [6.45, 7) is 12.8. The third-order valence-electron chi connectivity index (χ3n) is 7.81. The molecular formula is C31H50O6. The molecule has 8 atom stereocenters. The van der Waals surface area contributed by atoms with Crippen LogP contribution < -0.4 is 0 Å². The summed E-state index contributed by atoms with van der Waals surface area (Å²) in [7, 11) is 0. The normalized spacial score (nSPS) is 36.6. The number of hydrogen-bond acceptors (Lipinski definition) is 6. The van der Waals surface area contributed by atoms with Gasteiger partial charge in [0.05, 0.1) is 18.3 Å². The zero-order valence-electron chi connectivity index (χ0n) is 23.7. The fourth-order valence-corrected chi connectivity index (χ4v) is 5.09. The van der Waals surface area contributed by atoms with Crippen LogP contribution in [0.1, 0.15) is 86.5 Å². The molecule has 37 heavy (non-hydrogen) atoms. The Morgan fingerprint density at radius 1 is 1.11 bits per heavy atom. The highest BCUT2D eigenvalue weighted by Crippen LogP contribution is 2.26. The number of aliphatic hydroxyl groups is 3. The fraction of sp³-hybridized carbons (Fsp3) is 0.710. The molecule has 1 saturated heterocycles. The van der Waals surface area contributed by atoms with Crippen LogP contribution in [-0.2, 0) is 14.3 Å². The predicted molar refractivity (Wildman–Crippen MR) is 148 cm³/mol.